The van der Waals surface area contributed by atoms with Crippen molar-refractivity contribution in [1.82, 2.24) is 4.90 Å². The van der Waals surface area contributed by atoms with Gasteiger partial charge in [0.2, 0.25) is 0 Å². The Hall–Kier alpha value is -0.650. The van der Waals surface area contributed by atoms with Crippen molar-refractivity contribution in [2.45, 2.75) is 25.4 Å². The second-order valence-electron chi connectivity index (χ2n) is 4.85. The van der Waals surface area contributed by atoms with Crippen LogP contribution >= 0.6 is 0 Å². The number of aliphatic hydroxyl groups excluding tert-OH is 1. The first-order valence-electron chi connectivity index (χ1n) is 5.84. The number of ether oxygens (including phenoxy) is 1. The fourth-order valence-corrected chi connectivity index (χ4v) is 2.52. The van der Waals surface area contributed by atoms with Gasteiger partial charge in [-0.15, -0.1) is 0 Å². The molecule has 1 aliphatic heterocycles. The third-order valence-corrected chi connectivity index (χ3v) is 3.72. The second kappa shape index (κ2) is 4.69. The molecule has 0 aromatic heterocycles. The number of rotatable bonds is 4. The summed E-state index contributed by atoms with van der Waals surface area (Å²) in [5.74, 6) is -0.758. The number of carboxylic acids is 1. The third kappa shape index (κ3) is 2.36. The zero-order chi connectivity index (χ0) is 11.6. The number of carboxylic acid groups (broad SMARTS) is 1. The highest BCUT2D eigenvalue weighted by molar-refractivity contribution is 5.76. The minimum absolute atomic E-state index is 0.409. The van der Waals surface area contributed by atoms with Crippen LogP contribution in [0.1, 0.15) is 19.3 Å². The van der Waals surface area contributed by atoms with Crippen molar-refractivity contribution in [2.75, 3.05) is 32.8 Å². The summed E-state index contributed by atoms with van der Waals surface area (Å²) in [5.41, 5.74) is -0.669. The Kier molecular flexibility index (Phi) is 3.47. The van der Waals surface area contributed by atoms with Crippen LogP contribution in [-0.4, -0.2) is 60.0 Å². The number of aliphatic hydroxyl groups is 1. The molecule has 0 unspecified atom stereocenters. The first-order chi connectivity index (χ1) is 7.62. The number of aliphatic carboxylic acids is 1. The topological polar surface area (TPSA) is 70.0 Å². The van der Waals surface area contributed by atoms with Gasteiger partial charge >= 0.3 is 5.97 Å². The molecular formula is C11H19NO4. The van der Waals surface area contributed by atoms with E-state index in [0.717, 1.165) is 32.8 Å². The molecule has 1 heterocycles. The fraction of sp³-hybridized carbons (Fsp3) is 0.909. The Balaban J connectivity index is 1.80. The van der Waals surface area contributed by atoms with Crippen LogP contribution < -0.4 is 0 Å². The van der Waals surface area contributed by atoms with Crippen molar-refractivity contribution < 1.29 is 19.7 Å². The molecule has 0 aromatic rings. The van der Waals surface area contributed by atoms with E-state index in [0.29, 0.717) is 19.3 Å². The predicted molar refractivity (Wildman–Crippen MR) is 57.2 cm³/mol. The van der Waals surface area contributed by atoms with Crippen LogP contribution in [0.3, 0.4) is 0 Å². The number of hydrogen-bond donors (Lipinski definition) is 2. The highest BCUT2D eigenvalue weighted by atomic mass is 16.5. The Morgan fingerprint density at radius 2 is 2.00 bits per heavy atom. The van der Waals surface area contributed by atoms with E-state index in [-0.39, 0.29) is 0 Å². The lowest BCUT2D eigenvalue weighted by Gasteiger charge is -2.43. The SMILES string of the molecule is O=C(O)C1(CCN2CCOCC2)CC(O)C1. The van der Waals surface area contributed by atoms with E-state index < -0.39 is 17.5 Å². The van der Waals surface area contributed by atoms with E-state index in [1.165, 1.54) is 0 Å². The van der Waals surface area contributed by atoms with Crippen molar-refractivity contribution in [2.24, 2.45) is 5.41 Å². The number of nitrogens with zero attached hydrogens (tertiary/aromatic N) is 1. The van der Waals surface area contributed by atoms with E-state index in [4.69, 9.17) is 4.74 Å². The summed E-state index contributed by atoms with van der Waals surface area (Å²) in [6, 6.07) is 0. The van der Waals surface area contributed by atoms with E-state index in [1.54, 1.807) is 0 Å². The lowest BCUT2D eigenvalue weighted by atomic mass is 9.64. The minimum Gasteiger partial charge on any atom is -0.481 e. The molecule has 1 saturated carbocycles. The van der Waals surface area contributed by atoms with Crippen LogP contribution in [0.2, 0.25) is 0 Å². The maximum Gasteiger partial charge on any atom is 0.309 e. The second-order valence-corrected chi connectivity index (χ2v) is 4.85. The lowest BCUT2D eigenvalue weighted by molar-refractivity contribution is -0.164. The molecule has 2 aliphatic rings. The third-order valence-electron chi connectivity index (χ3n) is 3.72. The minimum atomic E-state index is -0.758. The molecule has 0 radical (unpaired) electrons. The summed E-state index contributed by atoms with van der Waals surface area (Å²) in [4.78, 5) is 13.4. The highest BCUT2D eigenvalue weighted by Gasteiger charge is 2.49. The average molecular weight is 229 g/mol. The van der Waals surface area contributed by atoms with Gasteiger partial charge in [-0.1, -0.05) is 0 Å². The molecule has 1 saturated heterocycles. The normalized spacial score (nSPS) is 35.7. The van der Waals surface area contributed by atoms with Gasteiger partial charge in [0.1, 0.15) is 0 Å². The highest BCUT2D eigenvalue weighted by Crippen LogP contribution is 2.44. The van der Waals surface area contributed by atoms with E-state index >= 15 is 0 Å². The summed E-state index contributed by atoms with van der Waals surface area (Å²) >= 11 is 0. The van der Waals surface area contributed by atoms with Crippen LogP contribution in [0.15, 0.2) is 0 Å². The maximum atomic E-state index is 11.2. The molecular weight excluding hydrogens is 210 g/mol. The van der Waals surface area contributed by atoms with E-state index in [9.17, 15) is 15.0 Å². The van der Waals surface area contributed by atoms with Gasteiger partial charge in [0.15, 0.2) is 0 Å². The van der Waals surface area contributed by atoms with Gasteiger partial charge in [-0.2, -0.15) is 0 Å². The average Bonchev–Trinajstić information content (AvgIpc) is 2.23. The summed E-state index contributed by atoms with van der Waals surface area (Å²) < 4.78 is 5.24. The number of carbonyl (C=O) groups is 1. The zero-order valence-corrected chi connectivity index (χ0v) is 9.39. The summed E-state index contributed by atoms with van der Waals surface area (Å²) in [5, 5.41) is 18.4. The van der Waals surface area contributed by atoms with Gasteiger partial charge in [0.05, 0.1) is 24.7 Å². The van der Waals surface area contributed by atoms with E-state index in [2.05, 4.69) is 4.90 Å². The molecule has 16 heavy (non-hydrogen) atoms. The quantitative estimate of drug-likeness (QED) is 0.706. The molecule has 0 amide bonds. The van der Waals surface area contributed by atoms with Crippen molar-refractivity contribution in [3.8, 4) is 0 Å². The standard InChI is InChI=1S/C11H19NO4/c13-9-7-11(8-9,10(14)15)1-2-12-3-5-16-6-4-12/h9,13H,1-8H2,(H,14,15). The van der Waals surface area contributed by atoms with Gasteiger partial charge in [0, 0.05) is 13.1 Å². The van der Waals surface area contributed by atoms with Crippen LogP contribution in [0, 0.1) is 5.41 Å². The first kappa shape index (κ1) is 11.8. The van der Waals surface area contributed by atoms with Gasteiger partial charge in [-0.05, 0) is 25.8 Å². The number of hydrogen-bond acceptors (Lipinski definition) is 4. The molecule has 0 spiro atoms. The molecule has 1 aliphatic carbocycles. The Morgan fingerprint density at radius 3 is 2.50 bits per heavy atom. The summed E-state index contributed by atoms with van der Waals surface area (Å²) in [6.07, 6.45) is 1.04. The molecule has 0 atom stereocenters. The monoisotopic (exact) mass is 229 g/mol. The van der Waals surface area contributed by atoms with Crippen molar-refractivity contribution >= 4 is 5.97 Å². The van der Waals surface area contributed by atoms with Crippen LogP contribution in [-0.2, 0) is 9.53 Å². The summed E-state index contributed by atoms with van der Waals surface area (Å²) in [7, 11) is 0. The van der Waals surface area contributed by atoms with Crippen LogP contribution in [0.4, 0.5) is 0 Å². The fourth-order valence-electron chi connectivity index (χ4n) is 2.52. The van der Waals surface area contributed by atoms with Gasteiger partial charge < -0.3 is 14.9 Å². The molecule has 0 aromatic carbocycles. The molecule has 5 nitrogen and oxygen atoms in total. The van der Waals surface area contributed by atoms with Gasteiger partial charge in [-0.25, -0.2) is 0 Å². The Labute approximate surface area is 95.0 Å². The molecule has 92 valence electrons. The molecule has 5 heteroatoms. The van der Waals surface area contributed by atoms with Crippen molar-refractivity contribution in [3.63, 3.8) is 0 Å². The molecule has 0 bridgehead atoms. The van der Waals surface area contributed by atoms with E-state index in [1.807, 2.05) is 0 Å². The smallest absolute Gasteiger partial charge is 0.309 e. The van der Waals surface area contributed by atoms with Gasteiger partial charge in [0.25, 0.3) is 0 Å². The molecule has 2 fully saturated rings. The Bertz CT molecular complexity index is 257. The predicted octanol–water partition coefficient (Wildman–Crippen LogP) is -0.0656. The zero-order valence-electron chi connectivity index (χ0n) is 9.39. The first-order valence-corrected chi connectivity index (χ1v) is 5.84. The largest absolute Gasteiger partial charge is 0.481 e. The van der Waals surface area contributed by atoms with Crippen LogP contribution in [0.25, 0.3) is 0 Å². The maximum absolute atomic E-state index is 11.2. The van der Waals surface area contributed by atoms with Gasteiger partial charge in [-0.3, -0.25) is 9.69 Å². The Morgan fingerprint density at radius 1 is 1.38 bits per heavy atom. The summed E-state index contributed by atoms with van der Waals surface area (Å²) in [6.45, 7) is 4.05. The van der Waals surface area contributed by atoms with Crippen molar-refractivity contribution in [3.05, 3.63) is 0 Å². The molecule has 2 N–H and O–H groups in total. The molecule has 2 rings (SSSR count). The van der Waals surface area contributed by atoms with Crippen LogP contribution in [0.5, 0.6) is 0 Å². The van der Waals surface area contributed by atoms with Crippen molar-refractivity contribution in [1.29, 1.82) is 0 Å². The number of morpholine rings is 1. The lowest BCUT2D eigenvalue weighted by Crippen LogP contribution is -2.49.